The Morgan fingerprint density at radius 2 is 1.84 bits per heavy atom. The van der Waals surface area contributed by atoms with Crippen LogP contribution in [0.25, 0.3) is 10.3 Å². The maximum atomic E-state index is 11.7. The normalized spacial score (nSPS) is 16.6. The molecule has 0 bridgehead atoms. The molecule has 0 N–H and O–H groups in total. The van der Waals surface area contributed by atoms with Gasteiger partial charge in [-0.25, -0.2) is 4.98 Å². The number of fused-ring (bicyclic) bond motifs is 1. The van der Waals surface area contributed by atoms with Crippen LogP contribution < -0.4 is 9.47 Å². The first-order valence-electron chi connectivity index (χ1n) is 7.86. The number of nitrogens with zero attached hydrogens (tertiary/aromatic N) is 2. The molecule has 2 aromatic rings. The highest BCUT2D eigenvalue weighted by molar-refractivity contribution is 8.18. The maximum absolute atomic E-state index is 11.7. The second-order valence-electron chi connectivity index (χ2n) is 5.42. The van der Waals surface area contributed by atoms with E-state index in [1.807, 2.05) is 23.5 Å². The molecule has 0 aliphatic carbocycles. The summed E-state index contributed by atoms with van der Waals surface area (Å²) in [5, 5.41) is 0. The fourth-order valence-corrected chi connectivity index (χ4v) is 7.36. The Hall–Kier alpha value is -1.19. The minimum Gasteiger partial charge on any atom is -0.477 e. The number of methoxy groups -OCH3 is 3. The van der Waals surface area contributed by atoms with Crippen molar-refractivity contribution in [1.82, 2.24) is 9.97 Å². The minimum atomic E-state index is -0.174. The molecule has 1 aliphatic heterocycles. The first-order chi connectivity index (χ1) is 12.1. The summed E-state index contributed by atoms with van der Waals surface area (Å²) in [5.41, 5.74) is 0.793. The average Bonchev–Trinajstić information content (AvgIpc) is 3.09. The van der Waals surface area contributed by atoms with E-state index in [0.717, 1.165) is 28.3 Å². The second-order valence-corrected chi connectivity index (χ2v) is 9.50. The number of thioether (sulfide) groups is 2. The molecule has 3 rings (SSSR count). The lowest BCUT2D eigenvalue weighted by atomic mass is 10.2. The Bertz CT molecular complexity index is 718. The number of hydrogen-bond acceptors (Lipinski definition) is 9. The number of carbonyl (C=O) groups excluding carboxylic acids is 1. The lowest BCUT2D eigenvalue weighted by Crippen LogP contribution is -2.23. The van der Waals surface area contributed by atoms with Gasteiger partial charge in [0.25, 0.3) is 11.8 Å². The summed E-state index contributed by atoms with van der Waals surface area (Å²) < 4.78 is 15.2. The molecular formula is C16H20N2O4S3. The highest BCUT2D eigenvalue weighted by atomic mass is 32.2. The van der Waals surface area contributed by atoms with Gasteiger partial charge in [0, 0.05) is 11.3 Å². The van der Waals surface area contributed by atoms with E-state index in [1.165, 1.54) is 18.4 Å². The van der Waals surface area contributed by atoms with Crippen LogP contribution in [0.5, 0.6) is 11.8 Å². The van der Waals surface area contributed by atoms with Crippen LogP contribution in [0.1, 0.15) is 24.1 Å². The minimum absolute atomic E-state index is 0.153. The zero-order valence-electron chi connectivity index (χ0n) is 14.4. The molecule has 25 heavy (non-hydrogen) atoms. The number of aromatic nitrogens is 2. The molecule has 0 amide bonds. The van der Waals surface area contributed by atoms with Gasteiger partial charge >= 0.3 is 5.97 Å². The van der Waals surface area contributed by atoms with Crippen LogP contribution >= 0.6 is 34.9 Å². The lowest BCUT2D eigenvalue weighted by Gasteiger charge is -2.35. The van der Waals surface area contributed by atoms with Crippen LogP contribution in [0.15, 0.2) is 6.07 Å². The SMILES string of the molecule is COC(=O)CCC1(c2cc3nc(OC)c(OC)nc3s2)SCCCS1. The van der Waals surface area contributed by atoms with Crippen molar-refractivity contribution in [3.63, 3.8) is 0 Å². The molecule has 0 saturated carbocycles. The van der Waals surface area contributed by atoms with Crippen molar-refractivity contribution in [1.29, 1.82) is 0 Å². The summed E-state index contributed by atoms with van der Waals surface area (Å²) in [4.78, 5) is 22.7. The Labute approximate surface area is 159 Å². The topological polar surface area (TPSA) is 70.5 Å². The third-order valence-corrected chi connectivity index (χ3v) is 8.82. The van der Waals surface area contributed by atoms with Crippen LogP contribution in [-0.2, 0) is 13.6 Å². The predicted octanol–water partition coefficient (Wildman–Crippen LogP) is 3.68. The van der Waals surface area contributed by atoms with E-state index < -0.39 is 0 Å². The van der Waals surface area contributed by atoms with Crippen LogP contribution in [0.3, 0.4) is 0 Å². The van der Waals surface area contributed by atoms with Crippen molar-refractivity contribution in [3.05, 3.63) is 10.9 Å². The zero-order chi connectivity index (χ0) is 17.9. The quantitative estimate of drug-likeness (QED) is 0.680. The van der Waals surface area contributed by atoms with E-state index >= 15 is 0 Å². The van der Waals surface area contributed by atoms with Crippen molar-refractivity contribution in [2.24, 2.45) is 0 Å². The Kier molecular flexibility index (Phi) is 5.96. The fourth-order valence-electron chi connectivity index (χ4n) is 2.64. The van der Waals surface area contributed by atoms with Crippen molar-refractivity contribution in [2.45, 2.75) is 23.3 Å². The summed E-state index contributed by atoms with van der Waals surface area (Å²) in [6.45, 7) is 0. The molecule has 0 spiro atoms. The summed E-state index contributed by atoms with van der Waals surface area (Å²) >= 11 is 5.41. The highest BCUT2D eigenvalue weighted by Crippen LogP contribution is 2.55. The molecular weight excluding hydrogens is 380 g/mol. The molecule has 2 aromatic heterocycles. The number of rotatable bonds is 6. The molecule has 6 nitrogen and oxygen atoms in total. The van der Waals surface area contributed by atoms with Crippen LogP contribution in [0.4, 0.5) is 0 Å². The van der Waals surface area contributed by atoms with Crippen molar-refractivity contribution in [2.75, 3.05) is 32.8 Å². The van der Waals surface area contributed by atoms with Gasteiger partial charge in [0.15, 0.2) is 0 Å². The molecule has 3 heterocycles. The largest absolute Gasteiger partial charge is 0.477 e. The number of thiophene rings is 1. The van der Waals surface area contributed by atoms with Gasteiger partial charge in [-0.2, -0.15) is 4.98 Å². The smallest absolute Gasteiger partial charge is 0.305 e. The molecule has 136 valence electrons. The van der Waals surface area contributed by atoms with Crippen LogP contribution in [-0.4, -0.2) is 48.8 Å². The van der Waals surface area contributed by atoms with E-state index in [0.29, 0.717) is 18.2 Å². The monoisotopic (exact) mass is 400 g/mol. The second kappa shape index (κ2) is 8.01. The van der Waals surface area contributed by atoms with Crippen LogP contribution in [0, 0.1) is 0 Å². The summed E-state index contributed by atoms with van der Waals surface area (Å²) in [5.74, 6) is 2.75. The number of esters is 1. The molecule has 0 radical (unpaired) electrons. The molecule has 1 aliphatic rings. The van der Waals surface area contributed by atoms with Gasteiger partial charge in [0.1, 0.15) is 10.3 Å². The van der Waals surface area contributed by atoms with E-state index in [4.69, 9.17) is 14.2 Å². The van der Waals surface area contributed by atoms with Crippen molar-refractivity contribution in [3.8, 4) is 11.8 Å². The summed E-state index contributed by atoms with van der Waals surface area (Å²) in [6, 6.07) is 2.07. The lowest BCUT2D eigenvalue weighted by molar-refractivity contribution is -0.140. The highest BCUT2D eigenvalue weighted by Gasteiger charge is 2.38. The number of hydrogen-bond donors (Lipinski definition) is 0. The van der Waals surface area contributed by atoms with Crippen LogP contribution in [0.2, 0.25) is 0 Å². The fraction of sp³-hybridized carbons (Fsp3) is 0.562. The molecule has 1 fully saturated rings. The molecule has 0 atom stereocenters. The van der Waals surface area contributed by atoms with Gasteiger partial charge in [-0.15, -0.1) is 34.9 Å². The standard InChI is InChI=1S/C16H20N2O4S3/c1-20-12(19)5-6-16(23-7-4-8-24-16)11-9-10-15(25-11)18-14(22-3)13(17-10)21-2/h9H,4-8H2,1-3H3. The van der Waals surface area contributed by atoms with Gasteiger partial charge in [-0.3, -0.25) is 4.79 Å². The van der Waals surface area contributed by atoms with Gasteiger partial charge in [-0.1, -0.05) is 0 Å². The maximum Gasteiger partial charge on any atom is 0.305 e. The zero-order valence-corrected chi connectivity index (χ0v) is 16.8. The predicted molar refractivity (Wildman–Crippen MR) is 103 cm³/mol. The summed E-state index contributed by atoms with van der Waals surface area (Å²) in [6.07, 6.45) is 2.31. The summed E-state index contributed by atoms with van der Waals surface area (Å²) in [7, 11) is 4.54. The Morgan fingerprint density at radius 3 is 2.48 bits per heavy atom. The van der Waals surface area contributed by atoms with E-state index in [9.17, 15) is 4.79 Å². The molecule has 0 aromatic carbocycles. The number of carbonyl (C=O) groups is 1. The van der Waals surface area contributed by atoms with E-state index in [1.54, 1.807) is 25.6 Å². The first kappa shape index (κ1) is 18.6. The van der Waals surface area contributed by atoms with Crippen molar-refractivity contribution < 1.29 is 19.0 Å². The van der Waals surface area contributed by atoms with E-state index in [-0.39, 0.29) is 10.0 Å². The van der Waals surface area contributed by atoms with Gasteiger partial charge < -0.3 is 14.2 Å². The molecule has 0 unspecified atom stereocenters. The number of ether oxygens (including phenoxy) is 3. The van der Waals surface area contributed by atoms with Gasteiger partial charge in [0.2, 0.25) is 0 Å². The average molecular weight is 401 g/mol. The van der Waals surface area contributed by atoms with E-state index in [2.05, 4.69) is 16.0 Å². The first-order valence-corrected chi connectivity index (χ1v) is 10.7. The Balaban J connectivity index is 1.98. The Morgan fingerprint density at radius 1 is 1.16 bits per heavy atom. The third kappa shape index (κ3) is 3.83. The van der Waals surface area contributed by atoms with Gasteiger partial charge in [-0.05, 0) is 30.4 Å². The molecule has 1 saturated heterocycles. The van der Waals surface area contributed by atoms with Gasteiger partial charge in [0.05, 0.1) is 25.4 Å². The third-order valence-electron chi connectivity index (χ3n) is 3.91. The van der Waals surface area contributed by atoms with Crippen molar-refractivity contribution >= 4 is 51.2 Å². The molecule has 9 heteroatoms.